The van der Waals surface area contributed by atoms with Gasteiger partial charge in [0.2, 0.25) is 22.1 Å². The van der Waals surface area contributed by atoms with E-state index < -0.39 is 10.0 Å². The van der Waals surface area contributed by atoms with Gasteiger partial charge in [0.1, 0.15) is 12.4 Å². The SMILES string of the molecule is CC(C(=O)c1ccc(NS(C)(=O)=O)cc1)n1cc[n+](C)c1.[Cl-]. The second kappa shape index (κ2) is 6.93. The molecule has 0 bridgehead atoms. The second-order valence-electron chi connectivity index (χ2n) is 5.02. The minimum Gasteiger partial charge on any atom is -1.00 e. The number of rotatable bonds is 5. The minimum absolute atomic E-state index is 0. The topological polar surface area (TPSA) is 72.0 Å². The molecule has 8 heteroatoms. The molecule has 0 aliphatic carbocycles. The summed E-state index contributed by atoms with van der Waals surface area (Å²) in [5, 5.41) is 0. The summed E-state index contributed by atoms with van der Waals surface area (Å²) >= 11 is 0. The van der Waals surface area contributed by atoms with Crippen LogP contribution in [-0.4, -0.2) is 25.0 Å². The van der Waals surface area contributed by atoms with Gasteiger partial charge >= 0.3 is 0 Å². The van der Waals surface area contributed by atoms with E-state index in [2.05, 4.69) is 4.72 Å². The van der Waals surface area contributed by atoms with Crippen molar-refractivity contribution >= 4 is 21.5 Å². The number of sulfonamides is 1. The molecule has 120 valence electrons. The van der Waals surface area contributed by atoms with Gasteiger partial charge in [-0.1, -0.05) is 0 Å². The predicted molar refractivity (Wildman–Crippen MR) is 79.6 cm³/mol. The zero-order valence-electron chi connectivity index (χ0n) is 12.5. The molecule has 1 aromatic heterocycles. The molecule has 0 saturated heterocycles. The van der Waals surface area contributed by atoms with Gasteiger partial charge in [-0.25, -0.2) is 17.6 Å². The Morgan fingerprint density at radius 3 is 2.32 bits per heavy atom. The Morgan fingerprint density at radius 1 is 1.27 bits per heavy atom. The summed E-state index contributed by atoms with van der Waals surface area (Å²) in [7, 11) is -1.42. The van der Waals surface area contributed by atoms with E-state index in [4.69, 9.17) is 0 Å². The quantitative estimate of drug-likeness (QED) is 0.511. The van der Waals surface area contributed by atoms with E-state index in [9.17, 15) is 13.2 Å². The highest BCUT2D eigenvalue weighted by Gasteiger charge is 2.21. The van der Waals surface area contributed by atoms with Crippen molar-refractivity contribution < 1.29 is 30.2 Å². The number of nitrogens with zero attached hydrogens (tertiary/aromatic N) is 2. The molecular formula is C14H18ClN3O3S. The summed E-state index contributed by atoms with van der Waals surface area (Å²) in [4.78, 5) is 12.4. The predicted octanol–water partition coefficient (Wildman–Crippen LogP) is -1.87. The molecule has 1 N–H and O–H groups in total. The minimum atomic E-state index is -3.31. The van der Waals surface area contributed by atoms with Crippen molar-refractivity contribution in [2.24, 2.45) is 7.05 Å². The molecule has 1 unspecified atom stereocenters. The van der Waals surface area contributed by atoms with Crippen LogP contribution in [0.15, 0.2) is 43.0 Å². The number of Topliss-reactive ketones (excluding diaryl/α,β-unsaturated/α-hetero) is 1. The van der Waals surface area contributed by atoms with Crippen molar-refractivity contribution in [3.8, 4) is 0 Å². The number of hydrogen-bond donors (Lipinski definition) is 1. The molecule has 0 spiro atoms. The van der Waals surface area contributed by atoms with Crippen molar-refractivity contribution in [1.82, 2.24) is 4.57 Å². The number of benzene rings is 1. The van der Waals surface area contributed by atoms with Crippen molar-refractivity contribution in [1.29, 1.82) is 0 Å². The third-order valence-electron chi connectivity index (χ3n) is 3.09. The lowest BCUT2D eigenvalue weighted by molar-refractivity contribution is -0.671. The number of nitrogens with one attached hydrogen (secondary N) is 1. The van der Waals surface area contributed by atoms with E-state index in [1.54, 1.807) is 24.3 Å². The third kappa shape index (κ3) is 4.57. The van der Waals surface area contributed by atoms with Gasteiger partial charge in [-0.05, 0) is 31.2 Å². The highest BCUT2D eigenvalue weighted by atomic mass is 35.5. The fourth-order valence-electron chi connectivity index (χ4n) is 1.99. The van der Waals surface area contributed by atoms with Crippen LogP contribution in [0.4, 0.5) is 5.69 Å². The van der Waals surface area contributed by atoms with Crippen molar-refractivity contribution in [2.45, 2.75) is 13.0 Å². The first kappa shape index (κ1) is 18.2. The normalized spacial score (nSPS) is 12.3. The average molecular weight is 344 g/mol. The first-order valence-corrected chi connectivity index (χ1v) is 8.30. The lowest BCUT2D eigenvalue weighted by Crippen LogP contribution is -3.00. The van der Waals surface area contributed by atoms with E-state index in [1.165, 1.54) is 0 Å². The summed E-state index contributed by atoms with van der Waals surface area (Å²) in [5.74, 6) is -0.0305. The van der Waals surface area contributed by atoms with Crippen LogP contribution in [-0.2, 0) is 17.1 Å². The smallest absolute Gasteiger partial charge is 0.244 e. The Labute approximate surface area is 136 Å². The molecule has 0 aliphatic heterocycles. The Bertz CT molecular complexity index is 754. The van der Waals surface area contributed by atoms with E-state index in [1.807, 2.05) is 41.8 Å². The van der Waals surface area contributed by atoms with Crippen LogP contribution in [0, 0.1) is 0 Å². The number of carbonyl (C=O) groups excluding carboxylic acids is 1. The fraction of sp³-hybridized carbons (Fsp3) is 0.286. The zero-order valence-corrected chi connectivity index (χ0v) is 14.1. The molecule has 0 fully saturated rings. The number of anilines is 1. The first-order chi connectivity index (χ1) is 9.76. The van der Waals surface area contributed by atoms with E-state index >= 15 is 0 Å². The zero-order chi connectivity index (χ0) is 15.6. The molecule has 2 aromatic rings. The fourth-order valence-corrected chi connectivity index (χ4v) is 2.56. The van der Waals surface area contributed by atoms with Gasteiger partial charge in [-0.15, -0.1) is 0 Å². The monoisotopic (exact) mass is 343 g/mol. The van der Waals surface area contributed by atoms with Gasteiger partial charge in [-0.3, -0.25) is 9.52 Å². The van der Waals surface area contributed by atoms with Crippen LogP contribution in [0.1, 0.15) is 23.3 Å². The van der Waals surface area contributed by atoms with Gasteiger partial charge in [0, 0.05) is 11.3 Å². The maximum Gasteiger partial charge on any atom is 0.244 e. The molecule has 0 saturated carbocycles. The van der Waals surface area contributed by atoms with Crippen LogP contribution in [0.2, 0.25) is 0 Å². The summed E-state index contributed by atoms with van der Waals surface area (Å²) in [6, 6.07) is 6.08. The first-order valence-electron chi connectivity index (χ1n) is 6.41. The third-order valence-corrected chi connectivity index (χ3v) is 3.70. The van der Waals surface area contributed by atoms with Gasteiger partial charge in [-0.2, -0.15) is 0 Å². The van der Waals surface area contributed by atoms with Gasteiger partial charge in [0.05, 0.1) is 13.3 Å². The van der Waals surface area contributed by atoms with Gasteiger partial charge < -0.3 is 12.4 Å². The molecule has 0 radical (unpaired) electrons. The Morgan fingerprint density at radius 2 is 1.86 bits per heavy atom. The van der Waals surface area contributed by atoms with Crippen LogP contribution in [0.3, 0.4) is 0 Å². The Hall–Kier alpha value is -1.86. The van der Waals surface area contributed by atoms with E-state index in [0.717, 1.165) is 6.26 Å². The summed E-state index contributed by atoms with van der Waals surface area (Å²) in [6.45, 7) is 1.82. The van der Waals surface area contributed by atoms with Crippen molar-refractivity contribution in [3.63, 3.8) is 0 Å². The standard InChI is InChI=1S/C14H17N3O3S.ClH/c1-11(17-9-8-16(2)10-17)14(18)12-4-6-13(7-5-12)15-21(3,19)20;/h4-11H,1-3H3;1H. The summed E-state index contributed by atoms with van der Waals surface area (Å²) in [6.07, 6.45) is 6.62. The molecule has 6 nitrogen and oxygen atoms in total. The molecule has 2 rings (SSSR count). The lowest BCUT2D eigenvalue weighted by atomic mass is 10.1. The van der Waals surface area contributed by atoms with Crippen LogP contribution >= 0.6 is 0 Å². The van der Waals surface area contributed by atoms with Crippen molar-refractivity contribution in [2.75, 3.05) is 11.0 Å². The summed E-state index contributed by atoms with van der Waals surface area (Å²) < 4.78 is 28.3. The lowest BCUT2D eigenvalue weighted by Gasteiger charge is -2.08. The number of halogens is 1. The van der Waals surface area contributed by atoms with Crippen LogP contribution in [0.25, 0.3) is 0 Å². The molecule has 1 atom stereocenters. The molecule has 0 amide bonds. The highest BCUT2D eigenvalue weighted by Crippen LogP contribution is 2.16. The molecular weight excluding hydrogens is 326 g/mol. The highest BCUT2D eigenvalue weighted by molar-refractivity contribution is 7.92. The van der Waals surface area contributed by atoms with Crippen molar-refractivity contribution in [3.05, 3.63) is 48.5 Å². The molecule has 1 aromatic carbocycles. The summed E-state index contributed by atoms with van der Waals surface area (Å²) in [5.41, 5.74) is 0.979. The van der Waals surface area contributed by atoms with Gasteiger partial charge in [0.15, 0.2) is 6.04 Å². The largest absolute Gasteiger partial charge is 1.00 e. The van der Waals surface area contributed by atoms with Crippen LogP contribution < -0.4 is 21.7 Å². The molecule has 1 heterocycles. The Balaban J connectivity index is 0.00000242. The number of aryl methyl sites for hydroxylation is 1. The number of aromatic nitrogens is 2. The number of imidazole rings is 1. The molecule has 22 heavy (non-hydrogen) atoms. The maximum absolute atomic E-state index is 12.4. The average Bonchev–Trinajstić information content (AvgIpc) is 2.83. The number of hydrogen-bond acceptors (Lipinski definition) is 3. The maximum atomic E-state index is 12.4. The number of ketones is 1. The number of carbonyl (C=O) groups is 1. The van der Waals surface area contributed by atoms with Gasteiger partial charge in [0.25, 0.3) is 0 Å². The Kier molecular flexibility index (Phi) is 5.73. The van der Waals surface area contributed by atoms with E-state index in [-0.39, 0.29) is 24.2 Å². The van der Waals surface area contributed by atoms with Crippen LogP contribution in [0.5, 0.6) is 0 Å². The second-order valence-corrected chi connectivity index (χ2v) is 6.77. The molecule has 0 aliphatic rings. The van der Waals surface area contributed by atoms with E-state index in [0.29, 0.717) is 11.3 Å².